The van der Waals surface area contributed by atoms with E-state index >= 15 is 0 Å². The molecule has 0 radical (unpaired) electrons. The Morgan fingerprint density at radius 2 is 1.85 bits per heavy atom. The van der Waals surface area contributed by atoms with E-state index in [0.29, 0.717) is 17.9 Å². The number of carbonyl (C=O) groups excluding carboxylic acids is 1. The summed E-state index contributed by atoms with van der Waals surface area (Å²) in [5.41, 5.74) is 4.55. The van der Waals surface area contributed by atoms with Crippen molar-refractivity contribution in [3.8, 4) is 11.5 Å². The van der Waals surface area contributed by atoms with Gasteiger partial charge in [-0.05, 0) is 29.4 Å². The van der Waals surface area contributed by atoms with E-state index in [4.69, 9.17) is 10.5 Å². The molecule has 0 atom stereocenters. The predicted molar refractivity (Wildman–Crippen MR) is 68.1 cm³/mol. The van der Waals surface area contributed by atoms with E-state index in [1.54, 1.807) is 0 Å². The van der Waals surface area contributed by atoms with Crippen LogP contribution in [0.15, 0.2) is 35.5 Å². The number of aldehydes is 1. The lowest BCUT2D eigenvalue weighted by Gasteiger charge is -2.10. The molecule has 2 N–H and O–H groups in total. The van der Waals surface area contributed by atoms with Gasteiger partial charge in [-0.2, -0.15) is 0 Å². The Labute approximate surface area is 111 Å². The fourth-order valence-corrected chi connectivity index (χ4v) is 1.50. The maximum absolute atomic E-state index is 13.8. The first-order valence-electron chi connectivity index (χ1n) is 5.40. The first-order valence-corrected chi connectivity index (χ1v) is 5.40. The highest BCUT2D eigenvalue weighted by Gasteiger charge is 2.19. The van der Waals surface area contributed by atoms with Gasteiger partial charge in [0.1, 0.15) is 23.4 Å². The SMILES string of the molecule is Nc1c(N=O)cc(F)c(Oc2ccc(C=O)cc2)c1F. The highest BCUT2D eigenvalue weighted by atomic mass is 19.1. The molecule has 0 aliphatic heterocycles. The van der Waals surface area contributed by atoms with Crippen LogP contribution in [0.3, 0.4) is 0 Å². The molecule has 2 aromatic carbocycles. The zero-order valence-electron chi connectivity index (χ0n) is 9.97. The molecule has 0 aliphatic carbocycles. The van der Waals surface area contributed by atoms with Crippen LogP contribution in [0.2, 0.25) is 0 Å². The summed E-state index contributed by atoms with van der Waals surface area (Å²) in [4.78, 5) is 20.8. The van der Waals surface area contributed by atoms with Crippen LogP contribution in [0.1, 0.15) is 10.4 Å². The number of benzene rings is 2. The summed E-state index contributed by atoms with van der Waals surface area (Å²) in [6.07, 6.45) is 0.619. The van der Waals surface area contributed by atoms with E-state index in [-0.39, 0.29) is 5.75 Å². The quantitative estimate of drug-likeness (QED) is 0.526. The lowest BCUT2D eigenvalue weighted by Crippen LogP contribution is -1.98. The summed E-state index contributed by atoms with van der Waals surface area (Å²) in [6, 6.07) is 6.25. The second kappa shape index (κ2) is 5.43. The summed E-state index contributed by atoms with van der Waals surface area (Å²) in [5.74, 6) is -2.95. The molecule has 2 rings (SSSR count). The Hall–Kier alpha value is -2.83. The molecular formula is C13H8F2N2O3. The summed E-state index contributed by atoms with van der Waals surface area (Å²) in [6.45, 7) is 0. The van der Waals surface area contributed by atoms with Gasteiger partial charge < -0.3 is 10.5 Å². The maximum Gasteiger partial charge on any atom is 0.200 e. The van der Waals surface area contributed by atoms with Gasteiger partial charge in [-0.1, -0.05) is 0 Å². The second-order valence-corrected chi connectivity index (χ2v) is 3.81. The first-order chi connectivity index (χ1) is 9.56. The van der Waals surface area contributed by atoms with Crippen molar-refractivity contribution >= 4 is 17.7 Å². The van der Waals surface area contributed by atoms with Crippen LogP contribution >= 0.6 is 0 Å². The molecule has 0 amide bonds. The number of nitrogens with zero attached hydrogens (tertiary/aromatic N) is 1. The summed E-state index contributed by atoms with van der Waals surface area (Å²) in [5, 5.41) is 2.41. The topological polar surface area (TPSA) is 81.8 Å². The minimum Gasteiger partial charge on any atom is -0.451 e. The van der Waals surface area contributed by atoms with E-state index in [1.165, 1.54) is 24.3 Å². The molecule has 20 heavy (non-hydrogen) atoms. The minimum atomic E-state index is -1.21. The Bertz CT molecular complexity index is 672. The van der Waals surface area contributed by atoms with Crippen molar-refractivity contribution in [3.05, 3.63) is 52.4 Å². The molecule has 0 heterocycles. The third kappa shape index (κ3) is 2.46. The fourth-order valence-electron chi connectivity index (χ4n) is 1.50. The number of nitrogens with two attached hydrogens (primary N) is 1. The van der Waals surface area contributed by atoms with Gasteiger partial charge in [0, 0.05) is 11.6 Å². The number of nitrogen functional groups attached to an aromatic ring is 1. The van der Waals surface area contributed by atoms with Crippen molar-refractivity contribution < 1.29 is 18.3 Å². The third-order valence-electron chi connectivity index (χ3n) is 2.53. The van der Waals surface area contributed by atoms with E-state index in [9.17, 15) is 18.5 Å². The molecule has 7 heteroatoms. The van der Waals surface area contributed by atoms with Crippen molar-refractivity contribution in [2.75, 3.05) is 5.73 Å². The van der Waals surface area contributed by atoms with E-state index < -0.39 is 28.8 Å². The van der Waals surface area contributed by atoms with Crippen molar-refractivity contribution in [1.82, 2.24) is 0 Å². The number of nitroso groups, excluding NO2 is 1. The molecular weight excluding hydrogens is 270 g/mol. The Balaban J connectivity index is 2.40. The van der Waals surface area contributed by atoms with E-state index in [1.807, 2.05) is 0 Å². The predicted octanol–water partition coefficient (Wildman–Crippen LogP) is 3.55. The van der Waals surface area contributed by atoms with Crippen LogP contribution in [0.25, 0.3) is 0 Å². The number of carbonyl (C=O) groups is 1. The van der Waals surface area contributed by atoms with Crippen LogP contribution in [0, 0.1) is 16.5 Å². The molecule has 0 saturated heterocycles. The highest BCUT2D eigenvalue weighted by Crippen LogP contribution is 2.36. The Kier molecular flexibility index (Phi) is 3.69. The average Bonchev–Trinajstić information content (AvgIpc) is 2.48. The molecule has 0 bridgehead atoms. The first kappa shape index (κ1) is 13.6. The van der Waals surface area contributed by atoms with E-state index in [0.717, 1.165) is 0 Å². The molecule has 0 fully saturated rings. The van der Waals surface area contributed by atoms with Gasteiger partial charge in [-0.3, -0.25) is 4.79 Å². The van der Waals surface area contributed by atoms with Gasteiger partial charge in [0.2, 0.25) is 5.75 Å². The Morgan fingerprint density at radius 3 is 2.40 bits per heavy atom. The van der Waals surface area contributed by atoms with Gasteiger partial charge in [-0.25, -0.2) is 8.78 Å². The summed E-state index contributed by atoms with van der Waals surface area (Å²) >= 11 is 0. The zero-order valence-corrected chi connectivity index (χ0v) is 9.97. The van der Waals surface area contributed by atoms with Crippen molar-refractivity contribution in [2.24, 2.45) is 5.18 Å². The molecule has 102 valence electrons. The zero-order chi connectivity index (χ0) is 14.7. The van der Waals surface area contributed by atoms with Crippen molar-refractivity contribution in [1.29, 1.82) is 0 Å². The van der Waals surface area contributed by atoms with Crippen LogP contribution < -0.4 is 10.5 Å². The van der Waals surface area contributed by atoms with Gasteiger partial charge in [-0.15, -0.1) is 4.91 Å². The van der Waals surface area contributed by atoms with Gasteiger partial charge in [0.15, 0.2) is 11.6 Å². The highest BCUT2D eigenvalue weighted by molar-refractivity contribution is 5.75. The van der Waals surface area contributed by atoms with E-state index in [2.05, 4.69) is 5.18 Å². The molecule has 0 saturated carbocycles. The van der Waals surface area contributed by atoms with Crippen LogP contribution in [-0.4, -0.2) is 6.29 Å². The van der Waals surface area contributed by atoms with Crippen molar-refractivity contribution in [3.63, 3.8) is 0 Å². The number of halogens is 2. The Morgan fingerprint density at radius 1 is 1.20 bits per heavy atom. The molecule has 2 aromatic rings. The van der Waals surface area contributed by atoms with Crippen LogP contribution in [0.4, 0.5) is 20.2 Å². The standard InChI is InChI=1S/C13H8F2N2O3/c14-9-5-10(17-19)12(16)11(15)13(9)20-8-3-1-7(6-18)2-4-8/h1-6H,16H2. The number of hydrogen-bond donors (Lipinski definition) is 1. The van der Waals surface area contributed by atoms with Gasteiger partial charge >= 0.3 is 0 Å². The average molecular weight is 278 g/mol. The van der Waals surface area contributed by atoms with Crippen LogP contribution in [-0.2, 0) is 0 Å². The fraction of sp³-hybridized carbons (Fsp3) is 0. The van der Waals surface area contributed by atoms with Crippen molar-refractivity contribution in [2.45, 2.75) is 0 Å². The van der Waals surface area contributed by atoms with Gasteiger partial charge in [0.05, 0.1) is 0 Å². The lowest BCUT2D eigenvalue weighted by atomic mass is 10.2. The molecule has 0 aromatic heterocycles. The second-order valence-electron chi connectivity index (χ2n) is 3.81. The number of ether oxygens (including phenoxy) is 1. The maximum atomic E-state index is 13.8. The third-order valence-corrected chi connectivity index (χ3v) is 2.53. The molecule has 0 aliphatic rings. The largest absolute Gasteiger partial charge is 0.451 e. The molecule has 0 spiro atoms. The summed E-state index contributed by atoms with van der Waals surface area (Å²) < 4.78 is 32.5. The lowest BCUT2D eigenvalue weighted by molar-refractivity contribution is 0.112. The monoisotopic (exact) mass is 278 g/mol. The van der Waals surface area contributed by atoms with Crippen LogP contribution in [0.5, 0.6) is 11.5 Å². The number of rotatable bonds is 4. The molecule has 5 nitrogen and oxygen atoms in total. The van der Waals surface area contributed by atoms with Gasteiger partial charge in [0.25, 0.3) is 0 Å². The summed E-state index contributed by atoms with van der Waals surface area (Å²) in [7, 11) is 0. The normalized spacial score (nSPS) is 10.1. The minimum absolute atomic E-state index is 0.111. The number of hydrogen-bond acceptors (Lipinski definition) is 5. The smallest absolute Gasteiger partial charge is 0.200 e. The number of anilines is 1. The molecule has 0 unspecified atom stereocenters.